The van der Waals surface area contributed by atoms with Crippen molar-refractivity contribution in [3.63, 3.8) is 0 Å². The van der Waals surface area contributed by atoms with E-state index in [1.165, 1.54) is 6.21 Å². The second-order valence-corrected chi connectivity index (χ2v) is 3.23. The number of rotatable bonds is 2. The molecule has 1 saturated heterocycles. The second-order valence-electron chi connectivity index (χ2n) is 3.23. The molecule has 1 fully saturated rings. The monoisotopic (exact) mass is 213 g/mol. The Balaban J connectivity index is 2.02. The minimum absolute atomic E-state index is 0.0473. The van der Waals surface area contributed by atoms with Crippen LogP contribution in [-0.4, -0.2) is 48.8 Å². The lowest BCUT2D eigenvalue weighted by Gasteiger charge is -2.17. The zero-order valence-corrected chi connectivity index (χ0v) is 7.87. The molecular formula is C8H11N3O4. The quantitative estimate of drug-likeness (QED) is 0.566. The molecule has 2 rings (SSSR count). The van der Waals surface area contributed by atoms with Crippen molar-refractivity contribution in [2.24, 2.45) is 21.6 Å². The number of aliphatic hydroxyl groups is 1. The number of hydrogen-bond donors (Lipinski definition) is 2. The lowest BCUT2D eigenvalue weighted by molar-refractivity contribution is -0.125. The van der Waals surface area contributed by atoms with Crippen LogP contribution in [0.4, 0.5) is 0 Å². The van der Waals surface area contributed by atoms with Gasteiger partial charge in [0.1, 0.15) is 12.0 Å². The third-order valence-corrected chi connectivity index (χ3v) is 2.20. The third-order valence-electron chi connectivity index (χ3n) is 2.20. The van der Waals surface area contributed by atoms with E-state index in [4.69, 9.17) is 20.3 Å². The van der Waals surface area contributed by atoms with Crippen LogP contribution in [0.3, 0.4) is 0 Å². The van der Waals surface area contributed by atoms with Gasteiger partial charge < -0.3 is 20.3 Å². The van der Waals surface area contributed by atoms with Crippen LogP contribution in [0.2, 0.25) is 0 Å². The van der Waals surface area contributed by atoms with Crippen LogP contribution in [0.1, 0.15) is 0 Å². The van der Waals surface area contributed by atoms with Crippen LogP contribution in [-0.2, 0) is 14.3 Å². The van der Waals surface area contributed by atoms with Crippen LogP contribution in [0, 0.1) is 5.92 Å². The molecule has 1 unspecified atom stereocenters. The molecule has 3 N–H and O–H groups in total. The number of hydrogen-bond acceptors (Lipinski definition) is 6. The first-order valence-corrected chi connectivity index (χ1v) is 4.51. The highest BCUT2D eigenvalue weighted by Crippen LogP contribution is 2.20. The van der Waals surface area contributed by atoms with Crippen LogP contribution in [0.25, 0.3) is 0 Å². The van der Waals surface area contributed by atoms with Crippen molar-refractivity contribution in [3.05, 3.63) is 0 Å². The molecule has 0 aromatic carbocycles. The summed E-state index contributed by atoms with van der Waals surface area (Å²) in [6.07, 6.45) is 0.285. The SMILES string of the molecule is NC1=NC(=O)C([C@H]2CO[C@H](CO)O2)C=N1. The summed E-state index contributed by atoms with van der Waals surface area (Å²) in [5, 5.41) is 8.77. The van der Waals surface area contributed by atoms with Gasteiger partial charge in [-0.15, -0.1) is 0 Å². The molecule has 1 amide bonds. The number of carbonyl (C=O) groups is 1. The van der Waals surface area contributed by atoms with Gasteiger partial charge in [-0.3, -0.25) is 4.79 Å². The van der Waals surface area contributed by atoms with Crippen LogP contribution >= 0.6 is 0 Å². The van der Waals surface area contributed by atoms with E-state index >= 15 is 0 Å². The maximum Gasteiger partial charge on any atom is 0.260 e. The van der Waals surface area contributed by atoms with Gasteiger partial charge in [0.15, 0.2) is 6.29 Å². The van der Waals surface area contributed by atoms with Gasteiger partial charge >= 0.3 is 0 Å². The maximum atomic E-state index is 11.4. The molecule has 82 valence electrons. The van der Waals surface area contributed by atoms with Gasteiger partial charge in [-0.2, -0.15) is 4.99 Å². The highest BCUT2D eigenvalue weighted by molar-refractivity contribution is 6.08. The van der Waals surface area contributed by atoms with Crippen molar-refractivity contribution >= 4 is 18.1 Å². The topological polar surface area (TPSA) is 106 Å². The summed E-state index contributed by atoms with van der Waals surface area (Å²) in [6, 6.07) is 0. The van der Waals surface area contributed by atoms with Crippen molar-refractivity contribution in [2.45, 2.75) is 12.4 Å². The predicted molar refractivity (Wildman–Crippen MR) is 50.3 cm³/mol. The first-order valence-electron chi connectivity index (χ1n) is 4.51. The molecule has 0 aromatic rings. The largest absolute Gasteiger partial charge is 0.391 e. The predicted octanol–water partition coefficient (Wildman–Crippen LogP) is -1.74. The molecule has 0 aromatic heterocycles. The Morgan fingerprint density at radius 2 is 2.47 bits per heavy atom. The van der Waals surface area contributed by atoms with Gasteiger partial charge in [-0.25, -0.2) is 4.99 Å². The Labute approximate surface area is 85.6 Å². The molecule has 2 aliphatic rings. The van der Waals surface area contributed by atoms with Crippen LogP contribution in [0.15, 0.2) is 9.98 Å². The molecule has 0 radical (unpaired) electrons. The molecule has 2 heterocycles. The normalized spacial score (nSPS) is 35.7. The van der Waals surface area contributed by atoms with E-state index in [-0.39, 0.29) is 19.2 Å². The Kier molecular flexibility index (Phi) is 2.76. The molecule has 0 saturated carbocycles. The van der Waals surface area contributed by atoms with Crippen molar-refractivity contribution in [1.82, 2.24) is 0 Å². The van der Waals surface area contributed by atoms with Crippen molar-refractivity contribution in [1.29, 1.82) is 0 Å². The highest BCUT2D eigenvalue weighted by atomic mass is 16.7. The van der Waals surface area contributed by atoms with Crippen molar-refractivity contribution < 1.29 is 19.4 Å². The highest BCUT2D eigenvalue weighted by Gasteiger charge is 2.36. The summed E-state index contributed by atoms with van der Waals surface area (Å²) in [5.74, 6) is -1.02. The molecule has 0 spiro atoms. The third kappa shape index (κ3) is 2.04. The van der Waals surface area contributed by atoms with Gasteiger partial charge in [0.2, 0.25) is 5.96 Å². The lowest BCUT2D eigenvalue weighted by atomic mass is 10.0. The fourth-order valence-corrected chi connectivity index (χ4v) is 1.45. The summed E-state index contributed by atoms with van der Waals surface area (Å²) in [5.41, 5.74) is 5.26. The fourth-order valence-electron chi connectivity index (χ4n) is 1.45. The van der Waals surface area contributed by atoms with E-state index in [0.29, 0.717) is 0 Å². The molecule has 7 heteroatoms. The van der Waals surface area contributed by atoms with Gasteiger partial charge in [0.05, 0.1) is 13.2 Å². The summed E-state index contributed by atoms with van der Waals surface area (Å²) in [7, 11) is 0. The van der Waals surface area contributed by atoms with E-state index in [0.717, 1.165) is 0 Å². The molecule has 2 aliphatic heterocycles. The van der Waals surface area contributed by atoms with Gasteiger partial charge in [0, 0.05) is 6.21 Å². The fraction of sp³-hybridized carbons (Fsp3) is 0.625. The Bertz CT molecular complexity index is 328. The summed E-state index contributed by atoms with van der Waals surface area (Å²) in [6.45, 7) is 0.00301. The standard InChI is InChI=1S/C8H11N3O4/c9-8-10-1-4(7(13)11-8)5-3-14-6(2-12)15-5/h1,4-6,12H,2-3H2,(H2,9,11,13)/t4?,5-,6+/m1/s1. The number of aliphatic hydroxyl groups excluding tert-OH is 1. The summed E-state index contributed by atoms with van der Waals surface area (Å²) >= 11 is 0. The number of aliphatic imine (C=N–C) groups is 2. The molecule has 3 atom stereocenters. The summed E-state index contributed by atoms with van der Waals surface area (Å²) in [4.78, 5) is 18.7. The zero-order valence-electron chi connectivity index (χ0n) is 7.87. The van der Waals surface area contributed by atoms with Crippen LogP contribution in [0.5, 0.6) is 0 Å². The number of ether oxygens (including phenoxy) is 2. The number of guanidine groups is 1. The minimum atomic E-state index is -0.667. The molecule has 0 bridgehead atoms. The van der Waals surface area contributed by atoms with E-state index in [9.17, 15) is 4.79 Å². The van der Waals surface area contributed by atoms with Crippen molar-refractivity contribution in [2.75, 3.05) is 13.2 Å². The number of nitrogens with zero attached hydrogens (tertiary/aromatic N) is 2. The number of carbonyl (C=O) groups excluding carboxylic acids is 1. The maximum absolute atomic E-state index is 11.4. The van der Waals surface area contributed by atoms with E-state index in [2.05, 4.69) is 9.98 Å². The minimum Gasteiger partial charge on any atom is -0.391 e. The first-order chi connectivity index (χ1) is 7.20. The number of amides is 1. The van der Waals surface area contributed by atoms with Gasteiger partial charge in [-0.05, 0) is 0 Å². The molecule has 7 nitrogen and oxygen atoms in total. The smallest absolute Gasteiger partial charge is 0.260 e. The second kappa shape index (κ2) is 4.05. The van der Waals surface area contributed by atoms with E-state index in [1.54, 1.807) is 0 Å². The lowest BCUT2D eigenvalue weighted by Crippen LogP contribution is -2.35. The Morgan fingerprint density at radius 1 is 1.67 bits per heavy atom. The zero-order chi connectivity index (χ0) is 10.8. The molecule has 0 aliphatic carbocycles. The molecular weight excluding hydrogens is 202 g/mol. The van der Waals surface area contributed by atoms with Crippen LogP contribution < -0.4 is 5.73 Å². The number of nitrogens with two attached hydrogens (primary N) is 1. The van der Waals surface area contributed by atoms with E-state index < -0.39 is 24.2 Å². The first kappa shape index (κ1) is 10.2. The van der Waals surface area contributed by atoms with Gasteiger partial charge in [-0.1, -0.05) is 0 Å². The van der Waals surface area contributed by atoms with Gasteiger partial charge in [0.25, 0.3) is 5.91 Å². The average Bonchev–Trinajstić information content (AvgIpc) is 2.66. The molecule has 15 heavy (non-hydrogen) atoms. The van der Waals surface area contributed by atoms with E-state index in [1.807, 2.05) is 0 Å². The average molecular weight is 213 g/mol. The Morgan fingerprint density at radius 3 is 3.07 bits per heavy atom. The Hall–Kier alpha value is -1.31. The van der Waals surface area contributed by atoms with Crippen molar-refractivity contribution in [3.8, 4) is 0 Å². The summed E-state index contributed by atoms with van der Waals surface area (Å²) < 4.78 is 10.3.